The predicted octanol–water partition coefficient (Wildman–Crippen LogP) is 2.71. The average Bonchev–Trinajstić information content (AvgIpc) is 2.19. The van der Waals surface area contributed by atoms with Gasteiger partial charge in [-0.25, -0.2) is 0 Å². The minimum atomic E-state index is -0.365. The first-order valence-corrected chi connectivity index (χ1v) is 4.79. The summed E-state index contributed by atoms with van der Waals surface area (Å²) in [5.41, 5.74) is 0.168. The summed E-state index contributed by atoms with van der Waals surface area (Å²) in [7, 11) is 0. The molecule has 15 heavy (non-hydrogen) atoms. The fourth-order valence-electron chi connectivity index (χ4n) is 1.34. The van der Waals surface area contributed by atoms with E-state index in [1.54, 1.807) is 6.07 Å². The maximum absolute atomic E-state index is 11.7. The van der Waals surface area contributed by atoms with Gasteiger partial charge in [0.1, 0.15) is 11.6 Å². The molecule has 74 valence electrons. The van der Waals surface area contributed by atoms with Gasteiger partial charge >= 0.3 is 0 Å². The monoisotopic (exact) mass is 238 g/mol. The van der Waals surface area contributed by atoms with E-state index in [0.717, 1.165) is 0 Å². The van der Waals surface area contributed by atoms with Crippen LogP contribution >= 0.6 is 23.2 Å². The highest BCUT2D eigenvalue weighted by Crippen LogP contribution is 2.24. The zero-order valence-corrected chi connectivity index (χ0v) is 8.86. The van der Waals surface area contributed by atoms with Crippen LogP contribution in [-0.4, -0.2) is 4.98 Å². The summed E-state index contributed by atoms with van der Waals surface area (Å²) < 4.78 is 0. The molecule has 2 rings (SSSR count). The van der Waals surface area contributed by atoms with E-state index in [-0.39, 0.29) is 11.0 Å². The summed E-state index contributed by atoms with van der Waals surface area (Å²) in [6, 6.07) is 4.82. The van der Waals surface area contributed by atoms with E-state index in [1.807, 2.05) is 0 Å². The molecule has 0 unspecified atom stereocenters. The molecule has 0 saturated carbocycles. The van der Waals surface area contributed by atoms with Gasteiger partial charge in [-0.15, -0.1) is 0 Å². The molecule has 5 heteroatoms. The lowest BCUT2D eigenvalue weighted by molar-refractivity contribution is 1.34. The quantitative estimate of drug-likeness (QED) is 0.768. The molecule has 0 aliphatic carbocycles. The summed E-state index contributed by atoms with van der Waals surface area (Å²) in [5.74, 6) is 0. The first-order valence-electron chi connectivity index (χ1n) is 4.04. The molecule has 0 saturated heterocycles. The van der Waals surface area contributed by atoms with Gasteiger partial charge in [0.15, 0.2) is 0 Å². The van der Waals surface area contributed by atoms with Crippen LogP contribution in [0.5, 0.6) is 0 Å². The Morgan fingerprint density at radius 3 is 2.73 bits per heavy atom. The third-order valence-corrected chi connectivity index (χ3v) is 2.54. The minimum Gasteiger partial charge on any atom is -0.358 e. The lowest BCUT2D eigenvalue weighted by Crippen LogP contribution is -2.07. The number of halogens is 2. The molecule has 0 atom stereocenters. The van der Waals surface area contributed by atoms with Crippen LogP contribution in [-0.2, 0) is 0 Å². The molecular weight excluding hydrogens is 235 g/mol. The summed E-state index contributed by atoms with van der Waals surface area (Å²) in [6.07, 6.45) is 1.34. The van der Waals surface area contributed by atoms with Crippen molar-refractivity contribution in [2.45, 2.75) is 0 Å². The summed E-state index contributed by atoms with van der Waals surface area (Å²) in [6.45, 7) is 0. The van der Waals surface area contributed by atoms with Gasteiger partial charge in [0.2, 0.25) is 5.43 Å². The molecule has 1 heterocycles. The lowest BCUT2D eigenvalue weighted by atomic mass is 10.1. The second-order valence-corrected chi connectivity index (χ2v) is 3.80. The molecule has 0 aliphatic heterocycles. The van der Waals surface area contributed by atoms with Gasteiger partial charge in [0, 0.05) is 16.6 Å². The van der Waals surface area contributed by atoms with E-state index in [0.29, 0.717) is 20.9 Å². The SMILES string of the molecule is N#Cc1c[nH]c2c(Cl)cc(Cl)cc2c1=O. The second-order valence-electron chi connectivity index (χ2n) is 2.95. The van der Waals surface area contributed by atoms with Gasteiger partial charge in [-0.2, -0.15) is 5.26 Å². The maximum Gasteiger partial charge on any atom is 0.207 e. The molecule has 0 radical (unpaired) electrons. The molecule has 2 aromatic rings. The Kier molecular flexibility index (Phi) is 2.39. The standard InChI is InChI=1S/C10H4Cl2N2O/c11-6-1-7-9(8(12)2-6)14-4-5(3-13)10(7)15/h1-2,4H,(H,14,15). The minimum absolute atomic E-state index is 0.0424. The molecular formula is C10H4Cl2N2O. The first kappa shape index (κ1) is 10.0. The van der Waals surface area contributed by atoms with E-state index in [9.17, 15) is 4.79 Å². The number of aromatic nitrogens is 1. The molecule has 0 fully saturated rings. The largest absolute Gasteiger partial charge is 0.358 e. The fourth-order valence-corrected chi connectivity index (χ4v) is 1.89. The topological polar surface area (TPSA) is 56.6 Å². The number of hydrogen-bond donors (Lipinski definition) is 1. The third kappa shape index (κ3) is 1.58. The third-order valence-electron chi connectivity index (χ3n) is 2.03. The molecule has 1 aromatic heterocycles. The summed E-state index contributed by atoms with van der Waals surface area (Å²) >= 11 is 11.7. The number of rotatable bonds is 0. The summed E-state index contributed by atoms with van der Waals surface area (Å²) in [5, 5.41) is 9.73. The van der Waals surface area contributed by atoms with Crippen molar-refractivity contribution in [2.75, 3.05) is 0 Å². The van der Waals surface area contributed by atoms with Crippen molar-refractivity contribution in [3.05, 3.63) is 44.2 Å². The Morgan fingerprint density at radius 1 is 1.33 bits per heavy atom. The van der Waals surface area contributed by atoms with Gasteiger partial charge in [-0.1, -0.05) is 23.2 Å². The van der Waals surface area contributed by atoms with Gasteiger partial charge in [0.25, 0.3) is 0 Å². The van der Waals surface area contributed by atoms with E-state index in [2.05, 4.69) is 4.98 Å². The predicted molar refractivity (Wildman–Crippen MR) is 59.3 cm³/mol. The molecule has 0 aliphatic rings. The Hall–Kier alpha value is -1.50. The maximum atomic E-state index is 11.7. The molecule has 1 N–H and O–H groups in total. The normalized spacial score (nSPS) is 10.2. The molecule has 0 bridgehead atoms. The smallest absolute Gasteiger partial charge is 0.207 e. The van der Waals surface area contributed by atoms with E-state index < -0.39 is 0 Å². The number of H-pyrrole nitrogens is 1. The molecule has 0 amide bonds. The van der Waals surface area contributed by atoms with Crippen molar-refractivity contribution in [3.8, 4) is 6.07 Å². The van der Waals surface area contributed by atoms with E-state index in [4.69, 9.17) is 28.5 Å². The first-order chi connectivity index (χ1) is 7.13. The van der Waals surface area contributed by atoms with Gasteiger partial charge < -0.3 is 4.98 Å². The highest BCUT2D eigenvalue weighted by atomic mass is 35.5. The average molecular weight is 239 g/mol. The van der Waals surface area contributed by atoms with Crippen LogP contribution in [0.25, 0.3) is 10.9 Å². The number of nitrogens with zero attached hydrogens (tertiary/aromatic N) is 1. The number of nitriles is 1. The van der Waals surface area contributed by atoms with Crippen LogP contribution in [0.2, 0.25) is 10.0 Å². The second kappa shape index (κ2) is 3.58. The Balaban J connectivity index is 3.01. The van der Waals surface area contributed by atoms with Crippen molar-refractivity contribution >= 4 is 34.1 Å². The Bertz CT molecular complexity index is 640. The highest BCUT2D eigenvalue weighted by molar-refractivity contribution is 6.38. The summed E-state index contributed by atoms with van der Waals surface area (Å²) in [4.78, 5) is 14.5. The lowest BCUT2D eigenvalue weighted by Gasteiger charge is -2.01. The van der Waals surface area contributed by atoms with Crippen LogP contribution in [0.3, 0.4) is 0 Å². The zero-order valence-electron chi connectivity index (χ0n) is 7.34. The van der Waals surface area contributed by atoms with Crippen molar-refractivity contribution < 1.29 is 0 Å². The number of benzene rings is 1. The van der Waals surface area contributed by atoms with Crippen molar-refractivity contribution in [1.29, 1.82) is 5.26 Å². The van der Waals surface area contributed by atoms with Crippen LogP contribution in [0.1, 0.15) is 5.56 Å². The van der Waals surface area contributed by atoms with E-state index >= 15 is 0 Å². The zero-order chi connectivity index (χ0) is 11.0. The van der Waals surface area contributed by atoms with Gasteiger partial charge in [-0.3, -0.25) is 4.79 Å². The number of hydrogen-bond acceptors (Lipinski definition) is 2. The van der Waals surface area contributed by atoms with Crippen LogP contribution in [0.4, 0.5) is 0 Å². The van der Waals surface area contributed by atoms with Crippen molar-refractivity contribution in [3.63, 3.8) is 0 Å². The van der Waals surface area contributed by atoms with Crippen LogP contribution in [0, 0.1) is 11.3 Å². The highest BCUT2D eigenvalue weighted by Gasteiger charge is 2.08. The number of fused-ring (bicyclic) bond motifs is 1. The number of pyridine rings is 1. The molecule has 3 nitrogen and oxygen atoms in total. The van der Waals surface area contributed by atoms with Crippen molar-refractivity contribution in [2.24, 2.45) is 0 Å². The number of nitrogens with one attached hydrogen (secondary N) is 1. The van der Waals surface area contributed by atoms with Gasteiger partial charge in [-0.05, 0) is 12.1 Å². The Labute approximate surface area is 94.9 Å². The van der Waals surface area contributed by atoms with Crippen LogP contribution in [0.15, 0.2) is 23.1 Å². The van der Waals surface area contributed by atoms with Crippen molar-refractivity contribution in [1.82, 2.24) is 4.98 Å². The fraction of sp³-hybridized carbons (Fsp3) is 0. The molecule has 1 aromatic carbocycles. The molecule has 0 spiro atoms. The number of aromatic amines is 1. The van der Waals surface area contributed by atoms with Gasteiger partial charge in [0.05, 0.1) is 10.5 Å². The Morgan fingerprint density at radius 2 is 2.07 bits per heavy atom. The van der Waals surface area contributed by atoms with E-state index in [1.165, 1.54) is 18.3 Å². The van der Waals surface area contributed by atoms with Crippen LogP contribution < -0.4 is 5.43 Å².